The Kier molecular flexibility index (Phi) is 4.41. The van der Waals surface area contributed by atoms with Gasteiger partial charge < -0.3 is 10.4 Å². The Morgan fingerprint density at radius 3 is 2.55 bits per heavy atom. The minimum atomic E-state index is -0.0920. The standard InChI is InChI=1S/C17H19NO2/c1-12-4-3-5-14(10-12)7-9-17(20)18-15-8-6-13(2)11-16(15)19/h3-6,8,10-11,19H,7,9H2,1-2H3,(H,18,20). The van der Waals surface area contributed by atoms with Crippen molar-refractivity contribution in [3.8, 4) is 5.75 Å². The zero-order valence-electron chi connectivity index (χ0n) is 11.8. The SMILES string of the molecule is Cc1cccc(CCC(=O)Nc2ccc(C)cc2O)c1. The second kappa shape index (κ2) is 6.24. The van der Waals surface area contributed by atoms with Crippen LogP contribution in [0.2, 0.25) is 0 Å². The van der Waals surface area contributed by atoms with Gasteiger partial charge in [-0.15, -0.1) is 0 Å². The fourth-order valence-corrected chi connectivity index (χ4v) is 2.09. The highest BCUT2D eigenvalue weighted by Crippen LogP contribution is 2.24. The van der Waals surface area contributed by atoms with Crippen molar-refractivity contribution in [2.45, 2.75) is 26.7 Å². The maximum Gasteiger partial charge on any atom is 0.224 e. The van der Waals surface area contributed by atoms with Crippen LogP contribution in [-0.2, 0) is 11.2 Å². The molecule has 0 aliphatic rings. The average Bonchev–Trinajstić information content (AvgIpc) is 2.40. The highest BCUT2D eigenvalue weighted by atomic mass is 16.3. The summed E-state index contributed by atoms with van der Waals surface area (Å²) in [6.07, 6.45) is 1.09. The summed E-state index contributed by atoms with van der Waals surface area (Å²) in [5, 5.41) is 12.5. The molecule has 20 heavy (non-hydrogen) atoms. The van der Waals surface area contributed by atoms with Crippen LogP contribution in [0.4, 0.5) is 5.69 Å². The molecule has 0 aliphatic heterocycles. The van der Waals surface area contributed by atoms with E-state index in [1.165, 1.54) is 5.56 Å². The van der Waals surface area contributed by atoms with Crippen molar-refractivity contribution in [3.05, 3.63) is 59.2 Å². The van der Waals surface area contributed by atoms with Crippen molar-refractivity contribution in [3.63, 3.8) is 0 Å². The number of amides is 1. The zero-order valence-corrected chi connectivity index (χ0v) is 11.8. The minimum Gasteiger partial charge on any atom is -0.506 e. The first-order valence-corrected chi connectivity index (χ1v) is 6.69. The van der Waals surface area contributed by atoms with Crippen molar-refractivity contribution in [1.29, 1.82) is 0 Å². The number of carbonyl (C=O) groups is 1. The van der Waals surface area contributed by atoms with Gasteiger partial charge in [0.1, 0.15) is 5.75 Å². The number of anilines is 1. The number of rotatable bonds is 4. The lowest BCUT2D eigenvalue weighted by Crippen LogP contribution is -2.12. The first kappa shape index (κ1) is 14.1. The van der Waals surface area contributed by atoms with Crippen LogP contribution in [0.3, 0.4) is 0 Å². The molecule has 0 heterocycles. The fourth-order valence-electron chi connectivity index (χ4n) is 2.09. The van der Waals surface area contributed by atoms with Gasteiger partial charge in [0.2, 0.25) is 5.91 Å². The number of aryl methyl sites for hydroxylation is 3. The largest absolute Gasteiger partial charge is 0.506 e. The Balaban J connectivity index is 1.92. The van der Waals surface area contributed by atoms with E-state index < -0.39 is 0 Å². The second-order valence-corrected chi connectivity index (χ2v) is 5.06. The lowest BCUT2D eigenvalue weighted by molar-refractivity contribution is -0.116. The summed E-state index contributed by atoms with van der Waals surface area (Å²) >= 11 is 0. The van der Waals surface area contributed by atoms with Crippen LogP contribution in [0.25, 0.3) is 0 Å². The third kappa shape index (κ3) is 3.85. The molecule has 0 saturated carbocycles. The molecular formula is C17H19NO2. The molecule has 3 nitrogen and oxygen atoms in total. The molecule has 1 amide bonds. The van der Waals surface area contributed by atoms with E-state index in [0.29, 0.717) is 18.5 Å². The van der Waals surface area contributed by atoms with Gasteiger partial charge in [-0.2, -0.15) is 0 Å². The molecule has 0 spiro atoms. The molecule has 3 heteroatoms. The molecule has 2 aromatic rings. The number of hydrogen-bond acceptors (Lipinski definition) is 2. The summed E-state index contributed by atoms with van der Waals surface area (Å²) in [7, 11) is 0. The lowest BCUT2D eigenvalue weighted by Gasteiger charge is -2.08. The predicted molar refractivity (Wildman–Crippen MR) is 81.0 cm³/mol. The van der Waals surface area contributed by atoms with E-state index in [4.69, 9.17) is 0 Å². The number of phenolic OH excluding ortho intramolecular Hbond substituents is 1. The number of aromatic hydroxyl groups is 1. The molecule has 2 rings (SSSR count). The number of carbonyl (C=O) groups excluding carboxylic acids is 1. The Bertz CT molecular complexity index is 620. The predicted octanol–water partition coefficient (Wildman–Crippen LogP) is 3.58. The van der Waals surface area contributed by atoms with Gasteiger partial charge in [0.05, 0.1) is 5.69 Å². The topological polar surface area (TPSA) is 49.3 Å². The summed E-state index contributed by atoms with van der Waals surface area (Å²) in [5.41, 5.74) is 3.76. The Labute approximate surface area is 119 Å². The van der Waals surface area contributed by atoms with Crippen molar-refractivity contribution in [2.75, 3.05) is 5.32 Å². The molecule has 0 bridgehead atoms. The molecule has 2 N–H and O–H groups in total. The normalized spacial score (nSPS) is 10.3. The third-order valence-corrected chi connectivity index (χ3v) is 3.15. The van der Waals surface area contributed by atoms with E-state index in [1.807, 2.05) is 38.1 Å². The van der Waals surface area contributed by atoms with Crippen molar-refractivity contribution < 1.29 is 9.90 Å². The number of nitrogens with one attached hydrogen (secondary N) is 1. The van der Waals surface area contributed by atoms with E-state index in [1.54, 1.807) is 12.1 Å². The van der Waals surface area contributed by atoms with E-state index in [9.17, 15) is 9.90 Å². The summed E-state index contributed by atoms with van der Waals surface area (Å²) in [6, 6.07) is 13.3. The highest BCUT2D eigenvalue weighted by molar-refractivity contribution is 5.92. The second-order valence-electron chi connectivity index (χ2n) is 5.06. The molecule has 0 aromatic heterocycles. The molecule has 0 aliphatic carbocycles. The molecule has 0 fully saturated rings. The van der Waals surface area contributed by atoms with Crippen molar-refractivity contribution >= 4 is 11.6 Å². The lowest BCUT2D eigenvalue weighted by atomic mass is 10.1. The highest BCUT2D eigenvalue weighted by Gasteiger charge is 2.07. The van der Waals surface area contributed by atoms with Gasteiger partial charge in [0.25, 0.3) is 0 Å². The Morgan fingerprint density at radius 1 is 1.10 bits per heavy atom. The van der Waals surface area contributed by atoms with Gasteiger partial charge in [-0.25, -0.2) is 0 Å². The molecule has 0 unspecified atom stereocenters. The Morgan fingerprint density at radius 2 is 1.85 bits per heavy atom. The van der Waals surface area contributed by atoms with E-state index in [-0.39, 0.29) is 11.7 Å². The molecular weight excluding hydrogens is 250 g/mol. The van der Waals surface area contributed by atoms with Crippen molar-refractivity contribution in [1.82, 2.24) is 0 Å². The quantitative estimate of drug-likeness (QED) is 0.833. The van der Waals surface area contributed by atoms with E-state index in [2.05, 4.69) is 11.4 Å². The van der Waals surface area contributed by atoms with Gasteiger partial charge in [-0.3, -0.25) is 4.79 Å². The average molecular weight is 269 g/mol. The van der Waals surface area contributed by atoms with Crippen LogP contribution >= 0.6 is 0 Å². The van der Waals surface area contributed by atoms with Gasteiger partial charge in [-0.1, -0.05) is 35.9 Å². The van der Waals surface area contributed by atoms with Crippen LogP contribution in [0.1, 0.15) is 23.1 Å². The number of hydrogen-bond donors (Lipinski definition) is 2. The van der Waals surface area contributed by atoms with E-state index in [0.717, 1.165) is 11.1 Å². The van der Waals surface area contributed by atoms with Crippen molar-refractivity contribution in [2.24, 2.45) is 0 Å². The molecule has 0 saturated heterocycles. The summed E-state index contributed by atoms with van der Waals surface area (Å²) < 4.78 is 0. The molecule has 0 atom stereocenters. The maximum absolute atomic E-state index is 11.9. The summed E-state index contributed by atoms with van der Waals surface area (Å²) in [4.78, 5) is 11.9. The van der Waals surface area contributed by atoms with Gasteiger partial charge >= 0.3 is 0 Å². The molecule has 104 valence electrons. The number of benzene rings is 2. The summed E-state index contributed by atoms with van der Waals surface area (Å²) in [6.45, 7) is 3.93. The van der Waals surface area contributed by atoms with Crippen LogP contribution in [0.15, 0.2) is 42.5 Å². The monoisotopic (exact) mass is 269 g/mol. The summed E-state index contributed by atoms with van der Waals surface area (Å²) in [5.74, 6) is 0.0135. The maximum atomic E-state index is 11.9. The van der Waals surface area contributed by atoms with Gasteiger partial charge in [0, 0.05) is 6.42 Å². The van der Waals surface area contributed by atoms with Crippen LogP contribution in [0, 0.1) is 13.8 Å². The smallest absolute Gasteiger partial charge is 0.224 e. The molecule has 0 radical (unpaired) electrons. The zero-order chi connectivity index (χ0) is 14.5. The Hall–Kier alpha value is -2.29. The molecule has 2 aromatic carbocycles. The van der Waals surface area contributed by atoms with E-state index >= 15 is 0 Å². The first-order valence-electron chi connectivity index (χ1n) is 6.69. The number of phenols is 1. The van der Waals surface area contributed by atoms with Crippen LogP contribution in [-0.4, -0.2) is 11.0 Å². The first-order chi connectivity index (χ1) is 9.54. The van der Waals surface area contributed by atoms with Gasteiger partial charge in [-0.05, 0) is 43.5 Å². The van der Waals surface area contributed by atoms with Gasteiger partial charge in [0.15, 0.2) is 0 Å². The third-order valence-electron chi connectivity index (χ3n) is 3.15. The fraction of sp³-hybridized carbons (Fsp3) is 0.235. The van der Waals surface area contributed by atoms with Crippen LogP contribution < -0.4 is 5.32 Å². The minimum absolute atomic E-state index is 0.0920. The van der Waals surface area contributed by atoms with Crippen LogP contribution in [0.5, 0.6) is 5.75 Å².